The van der Waals surface area contributed by atoms with E-state index in [-0.39, 0.29) is 25.0 Å². The summed E-state index contributed by atoms with van der Waals surface area (Å²) < 4.78 is 11.3. The number of likely N-dealkylation sites (N-methyl/N-ethyl adjacent to an activating group) is 1. The number of hydrogen-bond acceptors (Lipinski definition) is 6. The van der Waals surface area contributed by atoms with Crippen LogP contribution in [0.3, 0.4) is 0 Å². The lowest BCUT2D eigenvalue weighted by atomic mass is 10.1. The first-order valence-electron chi connectivity index (χ1n) is 8.21. The van der Waals surface area contributed by atoms with Gasteiger partial charge in [0.1, 0.15) is 5.75 Å². The molecule has 0 saturated heterocycles. The summed E-state index contributed by atoms with van der Waals surface area (Å²) in [6.07, 6.45) is 2.94. The number of non-ortho nitro benzene ring substituents is 1. The zero-order valence-electron chi connectivity index (χ0n) is 14.5. The monoisotopic (exact) mass is 408 g/mol. The Balaban J connectivity index is 1.82. The van der Waals surface area contributed by atoms with E-state index in [9.17, 15) is 14.9 Å². The Morgan fingerprint density at radius 1 is 1.44 bits per heavy atom. The molecule has 0 aliphatic carbocycles. The zero-order valence-corrected chi connectivity index (χ0v) is 16.1. The summed E-state index contributed by atoms with van der Waals surface area (Å²) in [5, 5.41) is 11.2. The van der Waals surface area contributed by atoms with Gasteiger partial charge in [-0.3, -0.25) is 14.9 Å². The quantitative estimate of drug-likeness (QED) is 0.405. The van der Waals surface area contributed by atoms with Gasteiger partial charge in [-0.15, -0.1) is 11.3 Å². The topological polar surface area (TPSA) is 81.9 Å². The molecule has 0 N–H and O–H groups in total. The highest BCUT2D eigenvalue weighted by molar-refractivity contribution is 7.16. The van der Waals surface area contributed by atoms with Gasteiger partial charge in [0.2, 0.25) is 5.91 Å². The van der Waals surface area contributed by atoms with E-state index < -0.39 is 4.92 Å². The third-order valence-corrected chi connectivity index (χ3v) is 5.22. The van der Waals surface area contributed by atoms with Crippen LogP contribution in [-0.4, -0.2) is 29.1 Å². The number of carbonyl (C=O) groups excluding carboxylic acids is 1. The van der Waals surface area contributed by atoms with E-state index in [0.29, 0.717) is 34.3 Å². The Kier molecular flexibility index (Phi) is 6.10. The standard InChI is InChI=1S/C18H17ClN2O5S/c1-2-20(9-15-4-5-16(19)27-15)17(22)6-3-12-7-14(21(23)24)8-13-10-25-11-26-18(12)13/h3-8H,2,9-11H2,1H3/b6-3+. The van der Waals surface area contributed by atoms with Gasteiger partial charge in [0.25, 0.3) is 5.69 Å². The zero-order chi connectivity index (χ0) is 19.4. The van der Waals surface area contributed by atoms with Crippen LogP contribution >= 0.6 is 22.9 Å². The number of amides is 1. The first kappa shape index (κ1) is 19.3. The fourth-order valence-electron chi connectivity index (χ4n) is 2.70. The number of nitro benzene ring substituents is 1. The smallest absolute Gasteiger partial charge is 0.270 e. The minimum Gasteiger partial charge on any atom is -0.467 e. The number of carbonyl (C=O) groups is 1. The molecule has 1 amide bonds. The van der Waals surface area contributed by atoms with Gasteiger partial charge in [0, 0.05) is 40.8 Å². The van der Waals surface area contributed by atoms with Crippen LogP contribution in [0.25, 0.3) is 6.08 Å². The number of ether oxygens (including phenoxy) is 2. The van der Waals surface area contributed by atoms with Crippen LogP contribution in [0, 0.1) is 10.1 Å². The summed E-state index contributed by atoms with van der Waals surface area (Å²) in [5.41, 5.74) is 0.990. The molecule has 0 fully saturated rings. The first-order valence-corrected chi connectivity index (χ1v) is 9.40. The molecule has 7 nitrogen and oxygen atoms in total. The van der Waals surface area contributed by atoms with Crippen LogP contribution < -0.4 is 4.74 Å². The van der Waals surface area contributed by atoms with Crippen molar-refractivity contribution in [3.63, 3.8) is 0 Å². The predicted molar refractivity (Wildman–Crippen MR) is 103 cm³/mol. The maximum Gasteiger partial charge on any atom is 0.270 e. The summed E-state index contributed by atoms with van der Waals surface area (Å²) in [6, 6.07) is 6.50. The number of nitrogens with zero attached hydrogens (tertiary/aromatic N) is 2. The summed E-state index contributed by atoms with van der Waals surface area (Å²) in [7, 11) is 0. The van der Waals surface area contributed by atoms with Crippen molar-refractivity contribution in [3.8, 4) is 5.75 Å². The molecule has 0 spiro atoms. The molecule has 9 heteroatoms. The highest BCUT2D eigenvalue weighted by Crippen LogP contribution is 2.33. The molecule has 1 aromatic carbocycles. The summed E-state index contributed by atoms with van der Waals surface area (Å²) in [4.78, 5) is 25.9. The Bertz CT molecular complexity index is 896. The van der Waals surface area contributed by atoms with Crippen LogP contribution in [0.4, 0.5) is 5.69 Å². The number of benzene rings is 1. The molecule has 1 aromatic heterocycles. The molecule has 0 bridgehead atoms. The Morgan fingerprint density at radius 3 is 2.93 bits per heavy atom. The molecule has 0 saturated carbocycles. The lowest BCUT2D eigenvalue weighted by Crippen LogP contribution is -2.28. The lowest BCUT2D eigenvalue weighted by molar-refractivity contribution is -0.385. The van der Waals surface area contributed by atoms with E-state index in [4.69, 9.17) is 21.1 Å². The summed E-state index contributed by atoms with van der Waals surface area (Å²) >= 11 is 7.36. The van der Waals surface area contributed by atoms with Crippen molar-refractivity contribution in [2.75, 3.05) is 13.3 Å². The molecular formula is C18H17ClN2O5S. The van der Waals surface area contributed by atoms with Crippen molar-refractivity contribution in [2.45, 2.75) is 20.1 Å². The van der Waals surface area contributed by atoms with Crippen LogP contribution in [0.5, 0.6) is 5.75 Å². The van der Waals surface area contributed by atoms with E-state index in [1.165, 1.54) is 29.5 Å². The number of fused-ring (bicyclic) bond motifs is 1. The molecule has 2 heterocycles. The maximum absolute atomic E-state index is 12.6. The van der Waals surface area contributed by atoms with Gasteiger partial charge in [-0.1, -0.05) is 11.6 Å². The molecule has 2 aromatic rings. The fourth-order valence-corrected chi connectivity index (χ4v) is 3.80. The molecule has 0 radical (unpaired) electrons. The van der Waals surface area contributed by atoms with Crippen molar-refractivity contribution >= 4 is 40.6 Å². The Labute approximate surface area is 164 Å². The van der Waals surface area contributed by atoms with Crippen molar-refractivity contribution in [1.29, 1.82) is 0 Å². The van der Waals surface area contributed by atoms with Crippen molar-refractivity contribution < 1.29 is 19.2 Å². The van der Waals surface area contributed by atoms with Crippen molar-refractivity contribution in [3.05, 3.63) is 60.8 Å². The highest BCUT2D eigenvalue weighted by atomic mass is 35.5. The van der Waals surface area contributed by atoms with E-state index in [1.54, 1.807) is 17.0 Å². The van der Waals surface area contributed by atoms with Gasteiger partial charge >= 0.3 is 0 Å². The summed E-state index contributed by atoms with van der Waals surface area (Å²) in [6.45, 7) is 3.16. The largest absolute Gasteiger partial charge is 0.467 e. The van der Waals surface area contributed by atoms with Gasteiger partial charge in [-0.25, -0.2) is 0 Å². The molecule has 27 heavy (non-hydrogen) atoms. The van der Waals surface area contributed by atoms with E-state index in [1.807, 2.05) is 13.0 Å². The number of halogens is 1. The molecule has 1 aliphatic rings. The molecule has 3 rings (SSSR count). The van der Waals surface area contributed by atoms with Crippen LogP contribution in [-0.2, 0) is 22.7 Å². The second-order valence-electron chi connectivity index (χ2n) is 5.78. The minimum absolute atomic E-state index is 0.0693. The summed E-state index contributed by atoms with van der Waals surface area (Å²) in [5.74, 6) is 0.304. The predicted octanol–water partition coefficient (Wildman–Crippen LogP) is 4.24. The number of rotatable bonds is 6. The third-order valence-electron chi connectivity index (χ3n) is 4.01. The lowest BCUT2D eigenvalue weighted by Gasteiger charge is -2.20. The van der Waals surface area contributed by atoms with E-state index >= 15 is 0 Å². The highest BCUT2D eigenvalue weighted by Gasteiger charge is 2.20. The van der Waals surface area contributed by atoms with Crippen molar-refractivity contribution in [2.24, 2.45) is 0 Å². The Morgan fingerprint density at radius 2 is 2.26 bits per heavy atom. The number of nitro groups is 1. The normalized spacial score (nSPS) is 13.3. The number of hydrogen-bond donors (Lipinski definition) is 0. The van der Waals surface area contributed by atoms with E-state index in [0.717, 1.165) is 4.88 Å². The second kappa shape index (κ2) is 8.51. The first-order chi connectivity index (χ1) is 13.0. The number of thiophene rings is 1. The van der Waals surface area contributed by atoms with Gasteiger partial charge in [-0.05, 0) is 25.1 Å². The molecule has 0 atom stereocenters. The SMILES string of the molecule is CCN(Cc1ccc(Cl)s1)C(=O)/C=C/c1cc([N+](=O)[O-])cc2c1OCOC2. The average molecular weight is 409 g/mol. The van der Waals surface area contributed by atoms with Gasteiger partial charge < -0.3 is 14.4 Å². The molecule has 0 unspecified atom stereocenters. The second-order valence-corrected chi connectivity index (χ2v) is 7.58. The van der Waals surface area contributed by atoms with Crippen LogP contribution in [0.1, 0.15) is 22.9 Å². The van der Waals surface area contributed by atoms with Gasteiger partial charge in [-0.2, -0.15) is 0 Å². The average Bonchev–Trinajstić information content (AvgIpc) is 3.08. The third kappa shape index (κ3) is 4.65. The Hall–Kier alpha value is -2.42. The van der Waals surface area contributed by atoms with Gasteiger partial charge in [0.15, 0.2) is 6.79 Å². The van der Waals surface area contributed by atoms with E-state index in [2.05, 4.69) is 0 Å². The van der Waals surface area contributed by atoms with Crippen molar-refractivity contribution in [1.82, 2.24) is 4.90 Å². The maximum atomic E-state index is 12.6. The van der Waals surface area contributed by atoms with Crippen LogP contribution in [0.15, 0.2) is 30.3 Å². The van der Waals surface area contributed by atoms with Crippen LogP contribution in [0.2, 0.25) is 4.34 Å². The van der Waals surface area contributed by atoms with Gasteiger partial charge in [0.05, 0.1) is 22.4 Å². The minimum atomic E-state index is -0.479. The molecule has 142 valence electrons. The fraction of sp³-hybridized carbons (Fsp3) is 0.278. The molecular weight excluding hydrogens is 392 g/mol. The molecule has 1 aliphatic heterocycles.